The third kappa shape index (κ3) is 3.55. The van der Waals surface area contributed by atoms with E-state index in [1.54, 1.807) is 19.2 Å². The number of carbonyl (C=O) groups excluding carboxylic acids is 2. The molecule has 0 saturated carbocycles. The van der Waals surface area contributed by atoms with Crippen LogP contribution in [0.2, 0.25) is 0 Å². The van der Waals surface area contributed by atoms with Crippen LogP contribution in [0.1, 0.15) is 12.0 Å². The molecule has 2 N–H and O–H groups in total. The van der Waals surface area contributed by atoms with Gasteiger partial charge in [-0.15, -0.1) is 0 Å². The van der Waals surface area contributed by atoms with Crippen molar-refractivity contribution in [3.05, 3.63) is 58.7 Å². The van der Waals surface area contributed by atoms with Crippen LogP contribution in [-0.2, 0) is 16.0 Å². The normalized spacial score (nSPS) is 16.9. The van der Waals surface area contributed by atoms with Gasteiger partial charge in [0.05, 0.1) is 25.3 Å². The second kappa shape index (κ2) is 7.77. The SMILES string of the molecule is COc1ccc2[nH]cc(CCN[C@@H]3CC(=O)N(c4ccc(Br)cc4)C3=O)c2c1. The fourth-order valence-electron chi connectivity index (χ4n) is 3.53. The maximum Gasteiger partial charge on any atom is 0.251 e. The fraction of sp³-hybridized carbons (Fsp3) is 0.238. The van der Waals surface area contributed by atoms with Crippen molar-refractivity contribution < 1.29 is 14.3 Å². The molecule has 144 valence electrons. The minimum atomic E-state index is -0.490. The van der Waals surface area contributed by atoms with Crippen molar-refractivity contribution >= 4 is 44.3 Å². The van der Waals surface area contributed by atoms with Crippen LogP contribution in [0.4, 0.5) is 5.69 Å². The predicted octanol–water partition coefficient (Wildman–Crippen LogP) is 3.40. The topological polar surface area (TPSA) is 74.4 Å². The van der Waals surface area contributed by atoms with Crippen molar-refractivity contribution in [2.24, 2.45) is 0 Å². The number of hydrogen-bond acceptors (Lipinski definition) is 4. The first-order chi connectivity index (χ1) is 13.6. The summed E-state index contributed by atoms with van der Waals surface area (Å²) in [6, 6.07) is 12.6. The summed E-state index contributed by atoms with van der Waals surface area (Å²) < 4.78 is 6.20. The third-order valence-corrected chi connectivity index (χ3v) is 5.52. The zero-order chi connectivity index (χ0) is 19.7. The van der Waals surface area contributed by atoms with Crippen molar-refractivity contribution in [3.63, 3.8) is 0 Å². The number of benzene rings is 2. The summed E-state index contributed by atoms with van der Waals surface area (Å²) in [5.74, 6) is 0.428. The number of halogens is 1. The molecule has 1 aliphatic heterocycles. The maximum atomic E-state index is 12.7. The highest BCUT2D eigenvalue weighted by molar-refractivity contribution is 9.10. The van der Waals surface area contributed by atoms with Gasteiger partial charge in [0, 0.05) is 28.1 Å². The van der Waals surface area contributed by atoms with Gasteiger partial charge >= 0.3 is 0 Å². The van der Waals surface area contributed by atoms with E-state index in [1.165, 1.54) is 4.90 Å². The molecule has 2 amide bonds. The van der Waals surface area contributed by atoms with Crippen LogP contribution in [0.3, 0.4) is 0 Å². The Morgan fingerprint density at radius 3 is 2.75 bits per heavy atom. The molecule has 0 aliphatic carbocycles. The Morgan fingerprint density at radius 1 is 1.21 bits per heavy atom. The maximum absolute atomic E-state index is 12.7. The van der Waals surface area contributed by atoms with Gasteiger partial charge in [0.1, 0.15) is 5.75 Å². The highest BCUT2D eigenvalue weighted by Crippen LogP contribution is 2.26. The lowest BCUT2D eigenvalue weighted by atomic mass is 10.1. The van der Waals surface area contributed by atoms with Gasteiger partial charge in [-0.3, -0.25) is 9.59 Å². The number of nitrogens with one attached hydrogen (secondary N) is 2. The first-order valence-electron chi connectivity index (χ1n) is 9.06. The minimum absolute atomic E-state index is 0.177. The molecule has 4 rings (SSSR count). The average Bonchev–Trinajstić information content (AvgIpc) is 3.23. The number of H-pyrrole nitrogens is 1. The molecule has 28 heavy (non-hydrogen) atoms. The number of carbonyl (C=O) groups is 2. The summed E-state index contributed by atoms with van der Waals surface area (Å²) in [5, 5.41) is 4.34. The molecule has 2 aromatic carbocycles. The van der Waals surface area contributed by atoms with Gasteiger partial charge in [-0.1, -0.05) is 15.9 Å². The minimum Gasteiger partial charge on any atom is -0.497 e. The van der Waals surface area contributed by atoms with Gasteiger partial charge in [0.2, 0.25) is 5.91 Å². The van der Waals surface area contributed by atoms with Crippen molar-refractivity contribution in [1.82, 2.24) is 10.3 Å². The van der Waals surface area contributed by atoms with Gasteiger partial charge in [-0.05, 0) is 54.4 Å². The second-order valence-corrected chi connectivity index (χ2v) is 7.65. The number of hydrogen-bond donors (Lipinski definition) is 2. The number of methoxy groups -OCH3 is 1. The Kier molecular flexibility index (Phi) is 5.19. The summed E-state index contributed by atoms with van der Waals surface area (Å²) in [6.45, 7) is 0.599. The molecule has 1 atom stereocenters. The molecule has 1 aromatic heterocycles. The largest absolute Gasteiger partial charge is 0.497 e. The van der Waals surface area contributed by atoms with Gasteiger partial charge in [0.25, 0.3) is 5.91 Å². The van der Waals surface area contributed by atoms with Crippen LogP contribution in [0.15, 0.2) is 53.1 Å². The zero-order valence-electron chi connectivity index (χ0n) is 15.4. The van der Waals surface area contributed by atoms with Crippen LogP contribution in [0.5, 0.6) is 5.75 Å². The molecule has 2 heterocycles. The van der Waals surface area contributed by atoms with E-state index >= 15 is 0 Å². The summed E-state index contributed by atoms with van der Waals surface area (Å²) in [5.41, 5.74) is 2.79. The van der Waals surface area contributed by atoms with E-state index in [-0.39, 0.29) is 18.2 Å². The fourth-order valence-corrected chi connectivity index (χ4v) is 3.79. The van der Waals surface area contributed by atoms with Crippen LogP contribution in [-0.4, -0.2) is 36.5 Å². The molecule has 0 bridgehead atoms. The molecule has 1 fully saturated rings. The van der Waals surface area contributed by atoms with Crippen LogP contribution in [0, 0.1) is 0 Å². The number of aromatic amines is 1. The van der Waals surface area contributed by atoms with E-state index in [1.807, 2.05) is 36.5 Å². The number of aromatic nitrogens is 1. The number of nitrogens with zero attached hydrogens (tertiary/aromatic N) is 1. The number of imide groups is 1. The first-order valence-corrected chi connectivity index (χ1v) is 9.86. The quantitative estimate of drug-likeness (QED) is 0.574. The van der Waals surface area contributed by atoms with E-state index in [0.29, 0.717) is 12.2 Å². The molecule has 7 heteroatoms. The van der Waals surface area contributed by atoms with Crippen molar-refractivity contribution in [3.8, 4) is 5.75 Å². The summed E-state index contributed by atoms with van der Waals surface area (Å²) in [6.07, 6.45) is 2.89. The average molecular weight is 442 g/mol. The van der Waals surface area contributed by atoms with Gasteiger partial charge in [-0.25, -0.2) is 4.90 Å². The molecule has 1 aliphatic rings. The molecule has 6 nitrogen and oxygen atoms in total. The summed E-state index contributed by atoms with van der Waals surface area (Å²) in [7, 11) is 1.65. The number of ether oxygens (including phenoxy) is 1. The van der Waals surface area contributed by atoms with Gasteiger partial charge in [0.15, 0.2) is 0 Å². The monoisotopic (exact) mass is 441 g/mol. The second-order valence-electron chi connectivity index (χ2n) is 6.73. The summed E-state index contributed by atoms with van der Waals surface area (Å²) in [4.78, 5) is 29.6. The lowest BCUT2D eigenvalue weighted by molar-refractivity contribution is -0.121. The molecule has 3 aromatic rings. The molecule has 0 unspecified atom stereocenters. The number of rotatable bonds is 6. The van der Waals surface area contributed by atoms with Crippen molar-refractivity contribution in [1.29, 1.82) is 0 Å². The highest BCUT2D eigenvalue weighted by atomic mass is 79.9. The Labute approximate surface area is 171 Å². The lowest BCUT2D eigenvalue weighted by Gasteiger charge is -2.15. The number of amides is 2. The number of fused-ring (bicyclic) bond motifs is 1. The summed E-state index contributed by atoms with van der Waals surface area (Å²) >= 11 is 3.36. The Hall–Kier alpha value is -2.64. The molecular formula is C21H20BrN3O3. The Balaban J connectivity index is 1.41. The van der Waals surface area contributed by atoms with Gasteiger partial charge < -0.3 is 15.0 Å². The number of anilines is 1. The van der Waals surface area contributed by atoms with Crippen LogP contribution >= 0.6 is 15.9 Å². The molecule has 0 radical (unpaired) electrons. The molecule has 0 spiro atoms. The Morgan fingerprint density at radius 2 is 2.00 bits per heavy atom. The lowest BCUT2D eigenvalue weighted by Crippen LogP contribution is -2.39. The van der Waals surface area contributed by atoms with Crippen molar-refractivity contribution in [2.45, 2.75) is 18.9 Å². The Bertz CT molecular complexity index is 1030. The zero-order valence-corrected chi connectivity index (χ0v) is 17.0. The van der Waals surface area contributed by atoms with E-state index in [4.69, 9.17) is 4.74 Å². The van der Waals surface area contributed by atoms with E-state index in [9.17, 15) is 9.59 Å². The first kappa shape index (κ1) is 18.7. The third-order valence-electron chi connectivity index (χ3n) is 4.99. The van der Waals surface area contributed by atoms with Crippen molar-refractivity contribution in [2.75, 3.05) is 18.6 Å². The van der Waals surface area contributed by atoms with E-state index in [0.717, 1.165) is 33.1 Å². The smallest absolute Gasteiger partial charge is 0.251 e. The van der Waals surface area contributed by atoms with Crippen LogP contribution < -0.4 is 15.0 Å². The van der Waals surface area contributed by atoms with Gasteiger partial charge in [-0.2, -0.15) is 0 Å². The molecule has 1 saturated heterocycles. The predicted molar refractivity (Wildman–Crippen MR) is 112 cm³/mol. The van der Waals surface area contributed by atoms with E-state index < -0.39 is 6.04 Å². The highest BCUT2D eigenvalue weighted by Gasteiger charge is 2.39. The molecular weight excluding hydrogens is 422 g/mol. The van der Waals surface area contributed by atoms with E-state index in [2.05, 4.69) is 26.2 Å². The standard InChI is InChI=1S/C21H20BrN3O3/c1-28-16-6-7-18-17(10-16)13(12-24-18)8-9-23-19-11-20(26)25(21(19)27)15-4-2-14(22)3-5-15/h2-7,10,12,19,23-24H,8-9,11H2,1H3/t19-/m1/s1. The van der Waals surface area contributed by atoms with Crippen LogP contribution in [0.25, 0.3) is 10.9 Å².